The van der Waals surface area contributed by atoms with E-state index in [1.165, 1.54) is 0 Å². The van der Waals surface area contributed by atoms with E-state index in [4.69, 9.17) is 36.2 Å². The van der Waals surface area contributed by atoms with E-state index in [1.807, 2.05) is 80.6 Å². The molecular weight excluding hydrogens is 1080 g/mol. The summed E-state index contributed by atoms with van der Waals surface area (Å²) in [5.74, 6) is 0. The molecule has 0 N–H and O–H groups in total. The van der Waals surface area contributed by atoms with Crippen molar-refractivity contribution < 1.29 is 55.4 Å². The van der Waals surface area contributed by atoms with E-state index in [9.17, 15) is 19.2 Å². The average molecular weight is 1170 g/mol. The van der Waals surface area contributed by atoms with Crippen LogP contribution in [0, 0.1) is 0 Å². The zero-order valence-corrected chi connectivity index (χ0v) is 46.6. The van der Waals surface area contributed by atoms with Gasteiger partial charge in [-0.15, -0.1) is 0 Å². The summed E-state index contributed by atoms with van der Waals surface area (Å²) in [6.45, 7) is 4.09. The molecule has 89 heavy (non-hydrogen) atoms. The summed E-state index contributed by atoms with van der Waals surface area (Å²) in [5.41, 5.74) is 2.47. The normalized spacial score (nSPS) is 18.0. The summed E-state index contributed by atoms with van der Waals surface area (Å²) < 4.78 is 318. The molecule has 0 saturated carbocycles. The van der Waals surface area contributed by atoms with Gasteiger partial charge in [0.15, 0.2) is 0 Å². The number of fused-ring (bicyclic) bond motifs is 17. The van der Waals surface area contributed by atoms with Crippen LogP contribution in [0.4, 0.5) is 0 Å². The topological polar surface area (TPSA) is 26.3 Å². The standard InChI is InChI=1S/C45H30O.C42H26O/c1-45(2)39-18-10-9-13-31(39)32-22-20-29(26-40(32)45)43-35-16-7-5-14-33(35)42(34-15-6-8-17-36(34)43)28-21-24-41-38(25-28)37-23-19-27-11-3-4-12-30(27)44(37)46-41;1-2-10-27(11-3-1)28-18-20-30(21-19-28)40-33-14-6-8-16-35(33)41(36-17-9-7-15-34(36)40)31-23-25-39-38(26-31)37-24-22-29-12-4-5-13-32(29)42(37)43-39/h3-26H,1-2H3;1-26H/i3D,4D,5D,6D,7D,8D,11D,12D,14D,15D,16D,17D,19D,21D,23D,24D,25D;4D,5D,6D,7D,8D,9D,12D,13D,14D,15D,16D,17D,22D,23D,24D,25D,26D. The Hall–Kier alpha value is -11.3. The fourth-order valence-corrected chi connectivity index (χ4v) is 12.7. The Morgan fingerprint density at radius 2 is 0.640 bits per heavy atom. The van der Waals surface area contributed by atoms with Crippen molar-refractivity contribution in [3.8, 4) is 66.8 Å². The first-order valence-electron chi connectivity index (χ1n) is 45.1. The van der Waals surface area contributed by atoms with E-state index in [1.54, 1.807) is 30.3 Å². The van der Waals surface area contributed by atoms with Crippen LogP contribution in [-0.2, 0) is 5.41 Å². The lowest BCUT2D eigenvalue weighted by Gasteiger charge is -2.23. The number of furan rings is 2. The van der Waals surface area contributed by atoms with Crippen molar-refractivity contribution in [3.63, 3.8) is 0 Å². The molecule has 0 bridgehead atoms. The van der Waals surface area contributed by atoms with Gasteiger partial charge in [-0.3, -0.25) is 0 Å². The lowest BCUT2D eigenvalue weighted by Crippen LogP contribution is -2.14. The second kappa shape index (κ2) is 19.9. The molecule has 2 heterocycles. The van der Waals surface area contributed by atoms with Crippen LogP contribution in [-0.4, -0.2) is 0 Å². The fourth-order valence-electron chi connectivity index (χ4n) is 12.7. The van der Waals surface area contributed by atoms with Gasteiger partial charge >= 0.3 is 0 Å². The summed E-state index contributed by atoms with van der Waals surface area (Å²) in [7, 11) is 0. The molecule has 2 heteroatoms. The van der Waals surface area contributed by atoms with Crippen molar-refractivity contribution in [2.24, 2.45) is 0 Å². The summed E-state index contributed by atoms with van der Waals surface area (Å²) in [5, 5.41) is -4.36. The van der Waals surface area contributed by atoms with E-state index < -0.39 is 233 Å². The first-order valence-corrected chi connectivity index (χ1v) is 28.1. The monoisotopic (exact) mass is 1170 g/mol. The highest BCUT2D eigenvalue weighted by atomic mass is 16.3. The highest BCUT2D eigenvalue weighted by Gasteiger charge is 2.35. The maximum absolute atomic E-state index is 9.82. The minimum absolute atomic E-state index is 0.0363. The molecule has 0 spiro atoms. The molecule has 416 valence electrons. The molecule has 0 aliphatic heterocycles. The number of hydrogen-bond donors (Lipinski definition) is 0. The van der Waals surface area contributed by atoms with Crippen molar-refractivity contribution in [1.29, 1.82) is 0 Å². The molecule has 0 amide bonds. The van der Waals surface area contributed by atoms with Gasteiger partial charge in [0.05, 0.1) is 46.6 Å². The smallest absolute Gasteiger partial charge is 0.143 e. The van der Waals surface area contributed by atoms with Gasteiger partial charge in [-0.25, -0.2) is 0 Å². The number of benzene rings is 16. The second-order valence-corrected chi connectivity index (χ2v) is 21.9. The molecule has 19 rings (SSSR count). The van der Waals surface area contributed by atoms with Crippen molar-refractivity contribution in [3.05, 3.63) is 314 Å². The average Bonchev–Trinajstić information content (AvgIpc) is 1.58. The molecule has 2 aromatic heterocycles. The van der Waals surface area contributed by atoms with Gasteiger partial charge in [-0.05, 0) is 174 Å². The molecule has 0 atom stereocenters. The van der Waals surface area contributed by atoms with Gasteiger partial charge in [0.25, 0.3) is 0 Å². The molecule has 0 fully saturated rings. The van der Waals surface area contributed by atoms with E-state index in [0.717, 1.165) is 33.4 Å². The van der Waals surface area contributed by atoms with Gasteiger partial charge in [0, 0.05) is 37.7 Å². The molecular formula is C87H56O2. The highest BCUT2D eigenvalue weighted by molar-refractivity contribution is 6.25. The predicted octanol–water partition coefficient (Wildman–Crippen LogP) is 24.7. The Balaban J connectivity index is 0.000000168. The number of hydrogen-bond acceptors (Lipinski definition) is 2. The van der Waals surface area contributed by atoms with Gasteiger partial charge in [-0.2, -0.15) is 0 Å². The Kier molecular flexibility index (Phi) is 6.16. The quantitative estimate of drug-likeness (QED) is 0.161. The van der Waals surface area contributed by atoms with Crippen LogP contribution in [0.3, 0.4) is 0 Å². The van der Waals surface area contributed by atoms with Crippen LogP contribution in [0.5, 0.6) is 0 Å². The third kappa shape index (κ3) is 7.90. The van der Waals surface area contributed by atoms with E-state index in [-0.39, 0.29) is 120 Å². The van der Waals surface area contributed by atoms with Crippen molar-refractivity contribution in [2.45, 2.75) is 19.3 Å². The van der Waals surface area contributed by atoms with E-state index in [0.29, 0.717) is 11.1 Å². The lowest BCUT2D eigenvalue weighted by atomic mass is 9.80. The van der Waals surface area contributed by atoms with Gasteiger partial charge in [0.1, 0.15) is 22.3 Å². The molecule has 2 nitrogen and oxygen atoms in total. The minimum Gasteiger partial charge on any atom is -0.455 e. The van der Waals surface area contributed by atoms with Crippen molar-refractivity contribution in [1.82, 2.24) is 0 Å². The van der Waals surface area contributed by atoms with Crippen LogP contribution in [0.15, 0.2) is 311 Å². The number of rotatable bonds is 5. The van der Waals surface area contributed by atoms with Crippen LogP contribution in [0.1, 0.15) is 71.6 Å². The van der Waals surface area contributed by atoms with E-state index >= 15 is 0 Å². The minimum atomic E-state index is -0.738. The SMILES string of the molecule is [2H]c1c(-c2c3c([2H])c([2H])c([2H])c([2H])c3c(-c3ccc(-c4ccccc4)cc3)c3c([2H])c([2H])c([2H])c([2H])c23)c([2H])c2c(oc3c4c([2H])c([2H])c([2H])c([2H])c4c([2H])c([2H])c32)c1[2H].[2H]c1c(-c2c3c([2H])c([2H])c([2H])c([2H])c3c(-c3ccc4c(c3)C(C)(C)c3ccccc3-4)c3c([2H])c([2H])c([2H])c([2H])c23)c([2H])c2c(oc3c4c([2H])c([2H])c([2H])c([2H])c4c([2H])c([2H])c32)c1[2H]. The highest BCUT2D eigenvalue weighted by Crippen LogP contribution is 2.52. The first kappa shape index (κ1) is 27.6. The Bertz CT molecular complexity index is 7890. The summed E-state index contributed by atoms with van der Waals surface area (Å²) in [6.07, 6.45) is 0. The Labute approximate surface area is 562 Å². The third-order valence-corrected chi connectivity index (χ3v) is 16.8. The molecule has 18 aromatic rings. The molecule has 1 aliphatic rings. The Morgan fingerprint density at radius 1 is 0.270 bits per heavy atom. The van der Waals surface area contributed by atoms with Gasteiger partial charge < -0.3 is 8.83 Å². The maximum atomic E-state index is 9.82. The lowest BCUT2D eigenvalue weighted by molar-refractivity contribution is 0.660. The first-order chi connectivity index (χ1) is 58.1. The van der Waals surface area contributed by atoms with Crippen molar-refractivity contribution in [2.75, 3.05) is 0 Å². The van der Waals surface area contributed by atoms with Gasteiger partial charge in [-0.1, -0.05) is 274 Å². The maximum Gasteiger partial charge on any atom is 0.143 e. The van der Waals surface area contributed by atoms with Crippen LogP contribution in [0.2, 0.25) is 0 Å². The molecule has 0 unspecified atom stereocenters. The predicted molar refractivity (Wildman–Crippen MR) is 377 cm³/mol. The molecule has 0 saturated heterocycles. The van der Waals surface area contributed by atoms with Crippen LogP contribution < -0.4 is 0 Å². The third-order valence-electron chi connectivity index (χ3n) is 16.8. The zero-order chi connectivity index (χ0) is 88.5. The Morgan fingerprint density at radius 3 is 1.12 bits per heavy atom. The van der Waals surface area contributed by atoms with E-state index in [2.05, 4.69) is 0 Å². The zero-order valence-electron chi connectivity index (χ0n) is 80.6. The largest absolute Gasteiger partial charge is 0.455 e. The van der Waals surface area contributed by atoms with Crippen LogP contribution >= 0.6 is 0 Å². The molecule has 16 aromatic carbocycles. The fraction of sp³-hybridized carbons (Fsp3) is 0.0345. The second-order valence-electron chi connectivity index (χ2n) is 21.9. The summed E-state index contributed by atoms with van der Waals surface area (Å²) in [4.78, 5) is 0. The summed E-state index contributed by atoms with van der Waals surface area (Å²) >= 11 is 0. The van der Waals surface area contributed by atoms with Crippen LogP contribution in [0.25, 0.3) is 175 Å². The van der Waals surface area contributed by atoms with Gasteiger partial charge in [0.2, 0.25) is 0 Å². The van der Waals surface area contributed by atoms with Crippen molar-refractivity contribution >= 4 is 109 Å². The summed E-state index contributed by atoms with van der Waals surface area (Å²) in [6, 6.07) is 7.54. The molecule has 1 aliphatic carbocycles. The molecule has 0 radical (unpaired) electrons.